The van der Waals surface area contributed by atoms with Crippen LogP contribution in [0.3, 0.4) is 0 Å². The van der Waals surface area contributed by atoms with Crippen molar-refractivity contribution in [2.45, 2.75) is 12.8 Å². The van der Waals surface area contributed by atoms with Gasteiger partial charge in [-0.1, -0.05) is 84.9 Å². The molecule has 0 aliphatic carbocycles. The van der Waals surface area contributed by atoms with Crippen LogP contribution in [0, 0.1) is 0 Å². The molecule has 190 valence electrons. The molecule has 0 heterocycles. The summed E-state index contributed by atoms with van der Waals surface area (Å²) in [6.45, 7) is 0. The summed E-state index contributed by atoms with van der Waals surface area (Å²) in [5, 5.41) is 0. The Labute approximate surface area is 223 Å². The summed E-state index contributed by atoms with van der Waals surface area (Å²) in [4.78, 5) is 25.0. The lowest BCUT2D eigenvalue weighted by Gasteiger charge is -2.05. The SMILES string of the molecule is COc1ccc(/C=C/C(=O)c2ccc(CCc3ccc(C(=O)/C=C/c4ccc(OC)cc4)cc3)cc2)cc1. The highest BCUT2D eigenvalue weighted by atomic mass is 16.5. The molecule has 4 rings (SSSR count). The average Bonchev–Trinajstić information content (AvgIpc) is 2.98. The number of hydrogen-bond acceptors (Lipinski definition) is 4. The Kier molecular flexibility index (Phi) is 9.03. The molecule has 0 unspecified atom stereocenters. The van der Waals surface area contributed by atoms with Crippen LogP contribution < -0.4 is 9.47 Å². The average molecular weight is 503 g/mol. The van der Waals surface area contributed by atoms with E-state index in [9.17, 15) is 9.59 Å². The van der Waals surface area contributed by atoms with Crippen molar-refractivity contribution < 1.29 is 19.1 Å². The van der Waals surface area contributed by atoms with E-state index in [1.54, 1.807) is 38.5 Å². The largest absolute Gasteiger partial charge is 0.497 e. The van der Waals surface area contributed by atoms with Gasteiger partial charge in [0, 0.05) is 11.1 Å². The van der Waals surface area contributed by atoms with Crippen LogP contribution in [-0.4, -0.2) is 25.8 Å². The normalized spacial score (nSPS) is 11.1. The Morgan fingerprint density at radius 2 is 0.868 bits per heavy atom. The second kappa shape index (κ2) is 13.0. The topological polar surface area (TPSA) is 52.6 Å². The first-order chi connectivity index (χ1) is 18.5. The van der Waals surface area contributed by atoms with E-state index in [0.717, 1.165) is 46.6 Å². The molecule has 0 bridgehead atoms. The molecule has 0 aliphatic heterocycles. The number of rotatable bonds is 11. The standard InChI is InChI=1S/C34H30O4/c1-37-31-19-9-27(10-20-31)13-23-33(35)29-15-5-25(6-16-29)3-4-26-7-17-30(18-8-26)34(36)24-14-28-11-21-32(38-2)22-12-28/h5-24H,3-4H2,1-2H3/b23-13+,24-14+. The second-order valence-electron chi connectivity index (χ2n) is 8.84. The maximum Gasteiger partial charge on any atom is 0.185 e. The van der Waals surface area contributed by atoms with E-state index in [1.165, 1.54) is 0 Å². The van der Waals surface area contributed by atoms with Crippen molar-refractivity contribution in [3.05, 3.63) is 143 Å². The third kappa shape index (κ3) is 7.40. The van der Waals surface area contributed by atoms with Gasteiger partial charge in [-0.3, -0.25) is 9.59 Å². The van der Waals surface area contributed by atoms with Gasteiger partial charge in [0.1, 0.15) is 11.5 Å². The van der Waals surface area contributed by atoms with E-state index < -0.39 is 0 Å². The molecule has 0 saturated heterocycles. The van der Waals surface area contributed by atoms with Crippen LogP contribution in [-0.2, 0) is 12.8 Å². The molecule has 4 aromatic rings. The van der Waals surface area contributed by atoms with Gasteiger partial charge in [0.2, 0.25) is 0 Å². The van der Waals surface area contributed by atoms with Crippen LogP contribution in [0.2, 0.25) is 0 Å². The van der Waals surface area contributed by atoms with E-state index in [2.05, 4.69) is 0 Å². The number of allylic oxidation sites excluding steroid dienone is 2. The van der Waals surface area contributed by atoms with E-state index in [-0.39, 0.29) is 11.6 Å². The fourth-order valence-electron chi connectivity index (χ4n) is 3.93. The molecule has 0 aliphatic rings. The van der Waals surface area contributed by atoms with Crippen LogP contribution in [0.4, 0.5) is 0 Å². The Balaban J connectivity index is 1.27. The Hall–Kier alpha value is -4.70. The lowest BCUT2D eigenvalue weighted by molar-refractivity contribution is 0.103. The molecule has 0 radical (unpaired) electrons. The highest BCUT2D eigenvalue weighted by Gasteiger charge is 2.05. The van der Waals surface area contributed by atoms with Gasteiger partial charge >= 0.3 is 0 Å². The Morgan fingerprint density at radius 3 is 1.18 bits per heavy atom. The highest BCUT2D eigenvalue weighted by Crippen LogP contribution is 2.16. The molecule has 0 N–H and O–H groups in total. The fourth-order valence-corrected chi connectivity index (χ4v) is 3.93. The van der Waals surface area contributed by atoms with Crippen LogP contribution in [0.1, 0.15) is 43.0 Å². The van der Waals surface area contributed by atoms with Gasteiger partial charge in [0.05, 0.1) is 14.2 Å². The molecule has 4 aromatic carbocycles. The quantitative estimate of drug-likeness (QED) is 0.160. The molecule has 0 saturated carbocycles. The number of ether oxygens (including phenoxy) is 2. The predicted molar refractivity (Wildman–Crippen MR) is 153 cm³/mol. The number of hydrogen-bond donors (Lipinski definition) is 0. The van der Waals surface area contributed by atoms with Crippen LogP contribution in [0.5, 0.6) is 11.5 Å². The lowest BCUT2D eigenvalue weighted by Crippen LogP contribution is -1.97. The van der Waals surface area contributed by atoms with E-state index in [0.29, 0.717) is 11.1 Å². The van der Waals surface area contributed by atoms with E-state index >= 15 is 0 Å². The first kappa shape index (κ1) is 26.4. The minimum absolute atomic E-state index is 0.0336. The summed E-state index contributed by atoms with van der Waals surface area (Å²) in [6, 6.07) is 30.6. The molecule has 0 spiro atoms. The van der Waals surface area contributed by atoms with Crippen molar-refractivity contribution in [1.29, 1.82) is 0 Å². The van der Waals surface area contributed by atoms with Gasteiger partial charge in [0.15, 0.2) is 11.6 Å². The van der Waals surface area contributed by atoms with Gasteiger partial charge < -0.3 is 9.47 Å². The zero-order valence-electron chi connectivity index (χ0n) is 21.6. The fraction of sp³-hybridized carbons (Fsp3) is 0.118. The Bertz CT molecular complexity index is 1300. The minimum Gasteiger partial charge on any atom is -0.497 e. The molecule has 4 heteroatoms. The zero-order valence-corrected chi connectivity index (χ0v) is 21.6. The maximum atomic E-state index is 12.5. The molecular formula is C34H30O4. The molecule has 38 heavy (non-hydrogen) atoms. The molecule has 4 nitrogen and oxygen atoms in total. The summed E-state index contributed by atoms with van der Waals surface area (Å²) in [7, 11) is 3.25. The molecule has 0 amide bonds. The lowest BCUT2D eigenvalue weighted by atomic mass is 10.00. The van der Waals surface area contributed by atoms with Gasteiger partial charge in [-0.25, -0.2) is 0 Å². The summed E-state index contributed by atoms with van der Waals surface area (Å²) in [6.07, 6.45) is 8.48. The number of methoxy groups -OCH3 is 2. The van der Waals surface area contributed by atoms with Crippen LogP contribution >= 0.6 is 0 Å². The van der Waals surface area contributed by atoms with Gasteiger partial charge in [-0.05, 0) is 71.5 Å². The van der Waals surface area contributed by atoms with E-state index in [1.807, 2.05) is 97.1 Å². The zero-order chi connectivity index (χ0) is 26.7. The summed E-state index contributed by atoms with van der Waals surface area (Å²) in [5.41, 5.74) is 5.51. The van der Waals surface area contributed by atoms with Gasteiger partial charge in [-0.15, -0.1) is 0 Å². The van der Waals surface area contributed by atoms with Gasteiger partial charge in [0.25, 0.3) is 0 Å². The minimum atomic E-state index is -0.0336. The third-order valence-corrected chi connectivity index (χ3v) is 6.27. The smallest absolute Gasteiger partial charge is 0.185 e. The summed E-state index contributed by atoms with van der Waals surface area (Å²) < 4.78 is 10.3. The second-order valence-corrected chi connectivity index (χ2v) is 8.84. The third-order valence-electron chi connectivity index (χ3n) is 6.27. The molecule has 0 aromatic heterocycles. The number of ketones is 2. The van der Waals surface area contributed by atoms with Crippen molar-refractivity contribution in [2.75, 3.05) is 14.2 Å². The number of carbonyl (C=O) groups is 2. The van der Waals surface area contributed by atoms with E-state index in [4.69, 9.17) is 9.47 Å². The Morgan fingerprint density at radius 1 is 0.526 bits per heavy atom. The summed E-state index contributed by atoms with van der Waals surface area (Å²) in [5.74, 6) is 1.50. The van der Waals surface area contributed by atoms with Crippen molar-refractivity contribution in [1.82, 2.24) is 0 Å². The predicted octanol–water partition coefficient (Wildman–Crippen LogP) is 7.28. The number of aryl methyl sites for hydroxylation is 2. The van der Waals surface area contributed by atoms with Crippen LogP contribution in [0.25, 0.3) is 12.2 Å². The highest BCUT2D eigenvalue weighted by molar-refractivity contribution is 6.07. The van der Waals surface area contributed by atoms with Crippen LogP contribution in [0.15, 0.2) is 109 Å². The molecule has 0 atom stereocenters. The summed E-state index contributed by atoms with van der Waals surface area (Å²) >= 11 is 0. The van der Waals surface area contributed by atoms with Crippen molar-refractivity contribution in [3.8, 4) is 11.5 Å². The first-order valence-corrected chi connectivity index (χ1v) is 12.4. The van der Waals surface area contributed by atoms with Crippen molar-refractivity contribution >= 4 is 23.7 Å². The molecule has 0 fully saturated rings. The maximum absolute atomic E-state index is 12.5. The van der Waals surface area contributed by atoms with Crippen molar-refractivity contribution in [3.63, 3.8) is 0 Å². The van der Waals surface area contributed by atoms with Crippen molar-refractivity contribution in [2.24, 2.45) is 0 Å². The monoisotopic (exact) mass is 502 g/mol. The van der Waals surface area contributed by atoms with Gasteiger partial charge in [-0.2, -0.15) is 0 Å². The number of benzene rings is 4. The number of carbonyl (C=O) groups excluding carboxylic acids is 2. The first-order valence-electron chi connectivity index (χ1n) is 12.4. The molecular weight excluding hydrogens is 472 g/mol.